The molecule has 0 rings (SSSR count). The van der Waals surface area contributed by atoms with Gasteiger partial charge in [-0.2, -0.15) is 0 Å². The van der Waals surface area contributed by atoms with Crippen LogP contribution in [0.2, 0.25) is 0 Å². The molecule has 0 aliphatic heterocycles. The number of hydrogen-bond donors (Lipinski definition) is 2. The van der Waals surface area contributed by atoms with Crippen LogP contribution in [-0.4, -0.2) is 65.1 Å². The predicted molar refractivity (Wildman–Crippen MR) is 25.3 cm³/mol. The molecule has 0 spiro atoms. The second kappa shape index (κ2) is 9.55. The SMILES string of the molecule is NC(N)=O.[Na].[Na]. The molecule has 0 atom stereocenters. The molecule has 4 N–H and O–H groups in total. The zero-order chi connectivity index (χ0) is 3.58. The topological polar surface area (TPSA) is 69.1 Å². The molecular weight excluding hydrogens is 102 g/mol. The molecule has 0 aromatic carbocycles. The van der Waals surface area contributed by atoms with E-state index >= 15 is 0 Å². The molecule has 26 valence electrons. The van der Waals surface area contributed by atoms with Gasteiger partial charge in [0.2, 0.25) is 0 Å². The molecule has 0 unspecified atom stereocenters. The Balaban J connectivity index is -0.0000000450. The van der Waals surface area contributed by atoms with Crippen LogP contribution >= 0.6 is 0 Å². The van der Waals surface area contributed by atoms with Gasteiger partial charge in [0.15, 0.2) is 0 Å². The molecule has 2 amide bonds. The molecule has 2 radical (unpaired) electrons. The van der Waals surface area contributed by atoms with E-state index in [0.29, 0.717) is 0 Å². The van der Waals surface area contributed by atoms with Gasteiger partial charge in [0, 0.05) is 59.1 Å². The molecule has 0 aliphatic rings. The number of nitrogens with two attached hydrogens (primary N) is 2. The van der Waals surface area contributed by atoms with Crippen LogP contribution in [0.4, 0.5) is 4.79 Å². The van der Waals surface area contributed by atoms with Gasteiger partial charge < -0.3 is 11.5 Å². The Labute approximate surface area is 80.4 Å². The van der Waals surface area contributed by atoms with Gasteiger partial charge in [-0.15, -0.1) is 0 Å². The number of urea groups is 1. The molecule has 0 bridgehead atoms. The molecule has 0 heterocycles. The largest absolute Gasteiger partial charge is 0.352 e. The first-order chi connectivity index (χ1) is 1.73. The second-order valence-corrected chi connectivity index (χ2v) is 0.402. The number of hydrogen-bond acceptors (Lipinski definition) is 1. The van der Waals surface area contributed by atoms with Gasteiger partial charge in [-0.05, 0) is 0 Å². The zero-order valence-corrected chi connectivity index (χ0v) is 8.06. The van der Waals surface area contributed by atoms with E-state index in [2.05, 4.69) is 11.5 Å². The fraction of sp³-hybridized carbons (Fsp3) is 0. The molecule has 0 saturated heterocycles. The van der Waals surface area contributed by atoms with E-state index < -0.39 is 6.03 Å². The number of primary amides is 2. The number of carbonyl (C=O) groups is 1. The second-order valence-electron chi connectivity index (χ2n) is 0.402. The van der Waals surface area contributed by atoms with Gasteiger partial charge in [-0.3, -0.25) is 0 Å². The summed E-state index contributed by atoms with van der Waals surface area (Å²) in [7, 11) is 0. The molecule has 0 aromatic heterocycles. The average molecular weight is 106 g/mol. The van der Waals surface area contributed by atoms with E-state index in [9.17, 15) is 0 Å². The summed E-state index contributed by atoms with van der Waals surface area (Å²) in [5, 5.41) is 0. The van der Waals surface area contributed by atoms with Crippen molar-refractivity contribution in [3.05, 3.63) is 0 Å². The van der Waals surface area contributed by atoms with Crippen LogP contribution in [0, 0.1) is 0 Å². The van der Waals surface area contributed by atoms with Crippen molar-refractivity contribution < 1.29 is 4.79 Å². The van der Waals surface area contributed by atoms with Gasteiger partial charge in [-0.25, -0.2) is 4.79 Å². The van der Waals surface area contributed by atoms with Crippen molar-refractivity contribution in [1.29, 1.82) is 0 Å². The maximum atomic E-state index is 9.00. The van der Waals surface area contributed by atoms with E-state index in [4.69, 9.17) is 4.79 Å². The van der Waals surface area contributed by atoms with E-state index in [1.165, 1.54) is 0 Å². The van der Waals surface area contributed by atoms with Crippen LogP contribution in [0.25, 0.3) is 0 Å². The minimum absolute atomic E-state index is 0. The van der Waals surface area contributed by atoms with Crippen molar-refractivity contribution in [1.82, 2.24) is 0 Å². The summed E-state index contributed by atoms with van der Waals surface area (Å²) in [6, 6.07) is -0.833. The Hall–Kier alpha value is 1.27. The fourth-order valence-corrected chi connectivity index (χ4v) is 0. The van der Waals surface area contributed by atoms with E-state index in [1.807, 2.05) is 0 Å². The molecule has 0 saturated carbocycles. The minimum Gasteiger partial charge on any atom is -0.352 e. The maximum absolute atomic E-state index is 9.00. The number of carbonyl (C=O) groups excluding carboxylic acids is 1. The zero-order valence-electron chi connectivity index (χ0n) is 4.06. The fourth-order valence-electron chi connectivity index (χ4n) is 0. The monoisotopic (exact) mass is 106 g/mol. The van der Waals surface area contributed by atoms with Crippen molar-refractivity contribution in [3.8, 4) is 0 Å². The molecule has 0 fully saturated rings. The summed E-state index contributed by atoms with van der Waals surface area (Å²) in [6.07, 6.45) is 0. The van der Waals surface area contributed by atoms with Crippen molar-refractivity contribution in [2.45, 2.75) is 0 Å². The molecule has 6 heavy (non-hydrogen) atoms. The Morgan fingerprint density at radius 2 is 1.17 bits per heavy atom. The van der Waals surface area contributed by atoms with Crippen molar-refractivity contribution >= 4 is 65.1 Å². The summed E-state index contributed by atoms with van der Waals surface area (Å²) in [5.74, 6) is 0. The van der Waals surface area contributed by atoms with Crippen LogP contribution in [0.1, 0.15) is 0 Å². The number of amides is 2. The van der Waals surface area contributed by atoms with Crippen molar-refractivity contribution in [2.24, 2.45) is 11.5 Å². The quantitative estimate of drug-likeness (QED) is 0.354. The normalized spacial score (nSPS) is 4.00. The van der Waals surface area contributed by atoms with Gasteiger partial charge in [0.1, 0.15) is 0 Å². The van der Waals surface area contributed by atoms with Crippen molar-refractivity contribution in [2.75, 3.05) is 0 Å². The minimum atomic E-state index is -0.833. The summed E-state index contributed by atoms with van der Waals surface area (Å²) < 4.78 is 0. The summed E-state index contributed by atoms with van der Waals surface area (Å²) in [4.78, 5) is 9.00. The average Bonchev–Trinajstić information content (AvgIpc) is 0.811. The van der Waals surface area contributed by atoms with Crippen LogP contribution < -0.4 is 11.5 Å². The van der Waals surface area contributed by atoms with Gasteiger partial charge >= 0.3 is 6.03 Å². The Morgan fingerprint density at radius 3 is 1.17 bits per heavy atom. The van der Waals surface area contributed by atoms with Crippen molar-refractivity contribution in [3.63, 3.8) is 0 Å². The van der Waals surface area contributed by atoms with Crippen LogP contribution in [0.15, 0.2) is 0 Å². The van der Waals surface area contributed by atoms with Crippen LogP contribution in [-0.2, 0) is 0 Å². The maximum Gasteiger partial charge on any atom is 0.309 e. The summed E-state index contributed by atoms with van der Waals surface area (Å²) in [6.45, 7) is 0. The van der Waals surface area contributed by atoms with E-state index in [0.717, 1.165) is 0 Å². The third kappa shape index (κ3) is 59.6. The molecule has 0 aliphatic carbocycles. The third-order valence-electron chi connectivity index (χ3n) is 0. The van der Waals surface area contributed by atoms with Gasteiger partial charge in [-0.1, -0.05) is 0 Å². The van der Waals surface area contributed by atoms with E-state index in [-0.39, 0.29) is 59.1 Å². The van der Waals surface area contributed by atoms with Crippen LogP contribution in [0.3, 0.4) is 0 Å². The standard InChI is InChI=1S/CH4N2O.2Na/c2-1(3)4;;/h(H4,2,3,4);;. The Kier molecular flexibility index (Phi) is 25.0. The third-order valence-corrected chi connectivity index (χ3v) is 0. The number of rotatable bonds is 0. The van der Waals surface area contributed by atoms with Crippen LogP contribution in [0.5, 0.6) is 0 Å². The molecule has 5 heteroatoms. The first-order valence-corrected chi connectivity index (χ1v) is 0.781. The summed E-state index contributed by atoms with van der Waals surface area (Å²) in [5.41, 5.74) is 8.50. The molecular formula is CH4N2Na2O. The Bertz CT molecular complexity index is 34.5. The first-order valence-electron chi connectivity index (χ1n) is 0.781. The first kappa shape index (κ1) is 15.7. The van der Waals surface area contributed by atoms with Gasteiger partial charge in [0.25, 0.3) is 0 Å². The summed E-state index contributed by atoms with van der Waals surface area (Å²) >= 11 is 0. The van der Waals surface area contributed by atoms with Gasteiger partial charge in [0.05, 0.1) is 0 Å². The molecule has 0 aromatic rings. The van der Waals surface area contributed by atoms with E-state index in [1.54, 1.807) is 0 Å². The smallest absolute Gasteiger partial charge is 0.309 e. The molecule has 3 nitrogen and oxygen atoms in total. The Morgan fingerprint density at radius 1 is 1.17 bits per heavy atom. The predicted octanol–water partition coefficient (Wildman–Crippen LogP) is -1.74.